The molecule has 0 radical (unpaired) electrons. The van der Waals surface area contributed by atoms with Crippen molar-refractivity contribution in [3.63, 3.8) is 0 Å². The molecule has 4 rings (SSSR count). The minimum Gasteiger partial charge on any atom is -0.299 e. The number of aliphatic imine (C=N–C) groups is 1. The number of hydrogen-bond donors (Lipinski definition) is 0. The quantitative estimate of drug-likeness (QED) is 0.680. The van der Waals surface area contributed by atoms with Crippen LogP contribution < -0.4 is 0 Å². The molecule has 5 heteroatoms. The second kappa shape index (κ2) is 7.58. The summed E-state index contributed by atoms with van der Waals surface area (Å²) in [5, 5.41) is 0. The van der Waals surface area contributed by atoms with Crippen molar-refractivity contribution < 1.29 is 4.79 Å². The van der Waals surface area contributed by atoms with Crippen molar-refractivity contribution >= 4 is 11.5 Å². The Kier molecular flexibility index (Phi) is 4.83. The van der Waals surface area contributed by atoms with Gasteiger partial charge in [0.2, 0.25) is 0 Å². The topological polar surface area (TPSA) is 68.1 Å². The maximum absolute atomic E-state index is 12.3. The second-order valence-electron chi connectivity index (χ2n) is 6.76. The number of Topliss-reactive ketones (excluding diaryl/α,β-unsaturated/α-hetero) is 1. The van der Waals surface area contributed by atoms with Gasteiger partial charge in [0.05, 0.1) is 12.3 Å². The summed E-state index contributed by atoms with van der Waals surface area (Å²) >= 11 is 0. The van der Waals surface area contributed by atoms with E-state index < -0.39 is 0 Å². The highest BCUT2D eigenvalue weighted by molar-refractivity contribution is 6.15. The van der Waals surface area contributed by atoms with Crippen LogP contribution >= 0.6 is 0 Å². The maximum atomic E-state index is 12.3. The van der Waals surface area contributed by atoms with E-state index in [2.05, 4.69) is 19.9 Å². The van der Waals surface area contributed by atoms with Gasteiger partial charge in [-0.2, -0.15) is 0 Å². The van der Waals surface area contributed by atoms with Crippen LogP contribution in [-0.2, 0) is 24.2 Å². The third-order valence-corrected chi connectivity index (χ3v) is 4.67. The van der Waals surface area contributed by atoms with Gasteiger partial charge in [0.1, 0.15) is 5.78 Å². The summed E-state index contributed by atoms with van der Waals surface area (Å²) < 4.78 is 0. The van der Waals surface area contributed by atoms with Crippen LogP contribution in [0.25, 0.3) is 0 Å². The maximum Gasteiger partial charge on any atom is 0.139 e. The Balaban J connectivity index is 1.43. The molecule has 3 aromatic heterocycles. The molecule has 0 aliphatic carbocycles. The van der Waals surface area contributed by atoms with Crippen molar-refractivity contribution in [3.8, 4) is 0 Å². The summed E-state index contributed by atoms with van der Waals surface area (Å²) in [6.07, 6.45) is 8.77. The van der Waals surface area contributed by atoms with Crippen molar-refractivity contribution in [3.05, 3.63) is 88.8 Å². The molecule has 0 amide bonds. The average molecular weight is 356 g/mol. The van der Waals surface area contributed by atoms with Crippen LogP contribution in [0.15, 0.2) is 60.1 Å². The first-order valence-corrected chi connectivity index (χ1v) is 9.05. The molecule has 27 heavy (non-hydrogen) atoms. The summed E-state index contributed by atoms with van der Waals surface area (Å²) in [7, 11) is 0. The van der Waals surface area contributed by atoms with Crippen molar-refractivity contribution in [1.29, 1.82) is 0 Å². The number of hydrogen-bond acceptors (Lipinski definition) is 5. The van der Waals surface area contributed by atoms with E-state index in [1.165, 1.54) is 0 Å². The van der Waals surface area contributed by atoms with Crippen molar-refractivity contribution in [1.82, 2.24) is 15.0 Å². The first kappa shape index (κ1) is 17.2. The van der Waals surface area contributed by atoms with Crippen molar-refractivity contribution in [2.45, 2.75) is 32.7 Å². The largest absolute Gasteiger partial charge is 0.299 e. The Morgan fingerprint density at radius 3 is 2.85 bits per heavy atom. The summed E-state index contributed by atoms with van der Waals surface area (Å²) in [6, 6.07) is 9.90. The van der Waals surface area contributed by atoms with E-state index in [1.54, 1.807) is 18.6 Å². The van der Waals surface area contributed by atoms with Gasteiger partial charge in [-0.15, -0.1) is 0 Å². The van der Waals surface area contributed by atoms with Gasteiger partial charge in [0.15, 0.2) is 0 Å². The molecule has 0 fully saturated rings. The van der Waals surface area contributed by atoms with Crippen LogP contribution in [0.2, 0.25) is 0 Å². The number of aromatic nitrogens is 3. The first-order valence-electron chi connectivity index (χ1n) is 9.05. The molecule has 0 N–H and O–H groups in total. The molecule has 1 aliphatic rings. The lowest BCUT2D eigenvalue weighted by Gasteiger charge is -2.07. The highest BCUT2D eigenvalue weighted by Crippen LogP contribution is 2.23. The molecule has 0 saturated carbocycles. The predicted octanol–water partition coefficient (Wildman–Crippen LogP) is 3.28. The molecule has 0 unspecified atom stereocenters. The van der Waals surface area contributed by atoms with E-state index in [0.717, 1.165) is 39.4 Å². The molecule has 0 saturated heterocycles. The lowest BCUT2D eigenvalue weighted by Crippen LogP contribution is -2.08. The molecule has 0 atom stereocenters. The van der Waals surface area contributed by atoms with Crippen LogP contribution in [0, 0.1) is 6.92 Å². The Morgan fingerprint density at radius 2 is 2.04 bits per heavy atom. The Labute approximate surface area is 158 Å². The third kappa shape index (κ3) is 3.97. The van der Waals surface area contributed by atoms with Gasteiger partial charge in [-0.1, -0.05) is 6.07 Å². The molecule has 1 aliphatic heterocycles. The Morgan fingerprint density at radius 1 is 1.11 bits per heavy atom. The number of ketones is 1. The monoisotopic (exact) mass is 356 g/mol. The number of carbonyl (C=O) groups is 1. The Hall–Kier alpha value is -3.21. The number of nitrogens with zero attached hydrogens (tertiary/aromatic N) is 4. The second-order valence-corrected chi connectivity index (χ2v) is 6.76. The standard InChI is InChI=1S/C22H20N4O/c1-15-9-17(6-8-24-15)22-21-14-25-19(10-18(21)13-26-22)11-20(27)5-4-16-3-2-7-23-12-16/h2-3,6-10,12,14H,4-5,11,13H2,1H3. The van der Waals surface area contributed by atoms with E-state index in [0.29, 0.717) is 25.8 Å². The molecule has 0 spiro atoms. The number of aryl methyl sites for hydroxylation is 2. The van der Waals surface area contributed by atoms with Gasteiger partial charge in [0, 0.05) is 60.1 Å². The zero-order valence-electron chi connectivity index (χ0n) is 15.2. The summed E-state index contributed by atoms with van der Waals surface area (Å²) in [5.41, 5.74) is 7.05. The highest BCUT2D eigenvalue weighted by atomic mass is 16.1. The normalized spacial score (nSPS) is 12.6. The highest BCUT2D eigenvalue weighted by Gasteiger charge is 2.19. The first-order chi connectivity index (χ1) is 13.2. The fourth-order valence-corrected chi connectivity index (χ4v) is 3.30. The number of fused-ring (bicyclic) bond motifs is 1. The lowest BCUT2D eigenvalue weighted by atomic mass is 10.0. The fraction of sp³-hybridized carbons (Fsp3) is 0.227. The van der Waals surface area contributed by atoms with E-state index in [9.17, 15) is 4.79 Å². The van der Waals surface area contributed by atoms with Gasteiger partial charge >= 0.3 is 0 Å². The van der Waals surface area contributed by atoms with Crippen LogP contribution in [-0.4, -0.2) is 26.4 Å². The minimum absolute atomic E-state index is 0.190. The van der Waals surface area contributed by atoms with Gasteiger partial charge in [-0.3, -0.25) is 24.7 Å². The van der Waals surface area contributed by atoms with Gasteiger partial charge in [-0.05, 0) is 48.7 Å². The molecule has 0 aromatic carbocycles. The van der Waals surface area contributed by atoms with Crippen LogP contribution in [0.1, 0.15) is 40.1 Å². The summed E-state index contributed by atoms with van der Waals surface area (Å²) in [5.74, 6) is 0.190. The number of carbonyl (C=O) groups excluding carboxylic acids is 1. The minimum atomic E-state index is 0.190. The number of pyridine rings is 3. The summed E-state index contributed by atoms with van der Waals surface area (Å²) in [4.78, 5) is 29.8. The van der Waals surface area contributed by atoms with Crippen LogP contribution in [0.4, 0.5) is 0 Å². The van der Waals surface area contributed by atoms with Crippen LogP contribution in [0.3, 0.4) is 0 Å². The molecule has 134 valence electrons. The zero-order chi connectivity index (χ0) is 18.6. The molecule has 5 nitrogen and oxygen atoms in total. The van der Waals surface area contributed by atoms with E-state index in [-0.39, 0.29) is 5.78 Å². The average Bonchev–Trinajstić information content (AvgIpc) is 3.10. The lowest BCUT2D eigenvalue weighted by molar-refractivity contribution is -0.118. The predicted molar refractivity (Wildman–Crippen MR) is 104 cm³/mol. The molecule has 0 bridgehead atoms. The third-order valence-electron chi connectivity index (χ3n) is 4.67. The number of rotatable bonds is 6. The zero-order valence-corrected chi connectivity index (χ0v) is 15.2. The van der Waals surface area contributed by atoms with Gasteiger partial charge in [-0.25, -0.2) is 0 Å². The molecular weight excluding hydrogens is 336 g/mol. The summed E-state index contributed by atoms with van der Waals surface area (Å²) in [6.45, 7) is 2.60. The van der Waals surface area contributed by atoms with E-state index in [1.807, 2.05) is 43.5 Å². The van der Waals surface area contributed by atoms with Crippen molar-refractivity contribution in [2.75, 3.05) is 0 Å². The van der Waals surface area contributed by atoms with Crippen molar-refractivity contribution in [2.24, 2.45) is 4.99 Å². The molecular formula is C22H20N4O. The Bertz CT molecular complexity index is 1010. The van der Waals surface area contributed by atoms with E-state index in [4.69, 9.17) is 0 Å². The smallest absolute Gasteiger partial charge is 0.139 e. The molecule has 4 heterocycles. The molecule has 3 aromatic rings. The SMILES string of the molecule is Cc1cc(C2=NCc3cc(CC(=O)CCc4cccnc4)ncc32)ccn1. The van der Waals surface area contributed by atoms with Crippen LogP contribution in [0.5, 0.6) is 0 Å². The fourth-order valence-electron chi connectivity index (χ4n) is 3.30. The van der Waals surface area contributed by atoms with Gasteiger partial charge in [0.25, 0.3) is 0 Å². The van der Waals surface area contributed by atoms with Gasteiger partial charge < -0.3 is 0 Å². The van der Waals surface area contributed by atoms with E-state index >= 15 is 0 Å².